The monoisotopic (exact) mass is 294 g/mol. The Morgan fingerprint density at radius 1 is 1.53 bits per heavy atom. The van der Waals surface area contributed by atoms with Gasteiger partial charge in [0.05, 0.1) is 10.9 Å². The molecule has 1 aromatic rings. The van der Waals surface area contributed by atoms with Gasteiger partial charge in [0.25, 0.3) is 0 Å². The summed E-state index contributed by atoms with van der Waals surface area (Å²) in [5.41, 5.74) is 6.43. The van der Waals surface area contributed by atoms with Crippen LogP contribution in [0.15, 0.2) is 29.2 Å². The van der Waals surface area contributed by atoms with Gasteiger partial charge in [0.2, 0.25) is 5.91 Å². The molecule has 1 heterocycles. The van der Waals surface area contributed by atoms with E-state index in [1.807, 2.05) is 32.0 Å². The van der Waals surface area contributed by atoms with Crippen molar-refractivity contribution in [2.45, 2.75) is 24.7 Å². The predicted octanol–water partition coefficient (Wildman–Crippen LogP) is 2.30. The maximum absolute atomic E-state index is 12.3. The van der Waals surface area contributed by atoms with Gasteiger partial charge in [-0.2, -0.15) is 0 Å². The van der Waals surface area contributed by atoms with Crippen LogP contribution in [-0.2, 0) is 4.79 Å². The highest BCUT2D eigenvalue weighted by Crippen LogP contribution is 2.39. The van der Waals surface area contributed by atoms with Crippen LogP contribution in [0, 0.1) is 5.41 Å². The van der Waals surface area contributed by atoms with E-state index in [1.54, 1.807) is 11.8 Å². The van der Waals surface area contributed by atoms with Crippen LogP contribution in [0.25, 0.3) is 0 Å². The zero-order chi connectivity index (χ0) is 14.0. The Kier molecular flexibility index (Phi) is 4.16. The number of amides is 1. The largest absolute Gasteiger partial charge is 0.393 e. The van der Waals surface area contributed by atoms with Gasteiger partial charge in [-0.3, -0.25) is 4.79 Å². The summed E-state index contributed by atoms with van der Waals surface area (Å²) >= 11 is 6.74. The molecule has 0 radical (unpaired) electrons. The van der Waals surface area contributed by atoms with Crippen molar-refractivity contribution < 1.29 is 4.79 Å². The summed E-state index contributed by atoms with van der Waals surface area (Å²) in [6.45, 7) is 4.35. The standard InChI is InChI=1S/C14H18N2OS2/c1-14(2,13(15)18)8-16-12(17)10-7-19-11-6-4-3-5-9(10)11/h3-6,10H,7-8H2,1-2H3,(H2,15,18)(H,16,17). The van der Waals surface area contributed by atoms with Crippen LogP contribution < -0.4 is 11.1 Å². The first kappa shape index (κ1) is 14.3. The number of hydrogen-bond acceptors (Lipinski definition) is 3. The minimum atomic E-state index is -0.351. The number of carbonyl (C=O) groups excluding carboxylic acids is 1. The summed E-state index contributed by atoms with van der Waals surface area (Å²) in [5.74, 6) is 0.795. The Balaban J connectivity index is 2.01. The molecule has 0 bridgehead atoms. The number of hydrogen-bond donors (Lipinski definition) is 2. The number of carbonyl (C=O) groups is 1. The quantitative estimate of drug-likeness (QED) is 0.837. The van der Waals surface area contributed by atoms with Gasteiger partial charge >= 0.3 is 0 Å². The number of fused-ring (bicyclic) bond motifs is 1. The van der Waals surface area contributed by atoms with Gasteiger partial charge in [0.1, 0.15) is 0 Å². The summed E-state index contributed by atoms with van der Waals surface area (Å²) in [6.07, 6.45) is 0. The lowest BCUT2D eigenvalue weighted by atomic mass is 9.93. The first-order valence-corrected chi connectivity index (χ1v) is 7.60. The normalized spacial score (nSPS) is 17.9. The van der Waals surface area contributed by atoms with E-state index in [0.29, 0.717) is 11.5 Å². The van der Waals surface area contributed by atoms with Crippen LogP contribution in [0.3, 0.4) is 0 Å². The van der Waals surface area contributed by atoms with Gasteiger partial charge in [0.15, 0.2) is 0 Å². The third-order valence-corrected chi connectivity index (χ3v) is 5.12. The van der Waals surface area contributed by atoms with Crippen LogP contribution in [0.2, 0.25) is 0 Å². The topological polar surface area (TPSA) is 55.1 Å². The predicted molar refractivity (Wildman–Crippen MR) is 83.5 cm³/mol. The number of benzene rings is 1. The van der Waals surface area contributed by atoms with E-state index in [2.05, 4.69) is 11.4 Å². The van der Waals surface area contributed by atoms with E-state index in [1.165, 1.54) is 4.90 Å². The highest BCUT2D eigenvalue weighted by Gasteiger charge is 2.30. The number of nitrogens with one attached hydrogen (secondary N) is 1. The lowest BCUT2D eigenvalue weighted by Gasteiger charge is -2.24. The van der Waals surface area contributed by atoms with Gasteiger partial charge in [0, 0.05) is 22.6 Å². The molecule has 1 aromatic carbocycles. The molecule has 1 atom stereocenters. The molecule has 5 heteroatoms. The van der Waals surface area contributed by atoms with Crippen molar-refractivity contribution in [2.75, 3.05) is 12.3 Å². The molecule has 19 heavy (non-hydrogen) atoms. The molecule has 1 aliphatic heterocycles. The lowest BCUT2D eigenvalue weighted by Crippen LogP contribution is -2.43. The van der Waals surface area contributed by atoms with Crippen LogP contribution in [0.5, 0.6) is 0 Å². The first-order valence-electron chi connectivity index (χ1n) is 6.21. The molecule has 0 aliphatic carbocycles. The van der Waals surface area contributed by atoms with E-state index < -0.39 is 0 Å². The first-order chi connectivity index (χ1) is 8.92. The fourth-order valence-corrected chi connectivity index (χ4v) is 3.20. The van der Waals surface area contributed by atoms with Crippen LogP contribution in [0.1, 0.15) is 25.3 Å². The molecule has 1 amide bonds. The Labute approximate surface area is 123 Å². The van der Waals surface area contributed by atoms with Crippen LogP contribution in [0.4, 0.5) is 0 Å². The fourth-order valence-electron chi connectivity index (χ4n) is 1.90. The van der Waals surface area contributed by atoms with Crippen molar-refractivity contribution in [1.29, 1.82) is 0 Å². The molecule has 3 nitrogen and oxygen atoms in total. The van der Waals surface area contributed by atoms with Crippen molar-refractivity contribution >= 4 is 34.9 Å². The van der Waals surface area contributed by atoms with Gasteiger partial charge in [-0.05, 0) is 11.6 Å². The van der Waals surface area contributed by atoms with Gasteiger partial charge in [-0.1, -0.05) is 44.3 Å². The van der Waals surface area contributed by atoms with Crippen molar-refractivity contribution in [3.8, 4) is 0 Å². The van der Waals surface area contributed by atoms with Gasteiger partial charge < -0.3 is 11.1 Å². The van der Waals surface area contributed by atoms with Crippen molar-refractivity contribution in [2.24, 2.45) is 11.1 Å². The Morgan fingerprint density at radius 2 is 2.21 bits per heavy atom. The molecular formula is C14H18N2OS2. The summed E-state index contributed by atoms with van der Waals surface area (Å²) in [4.78, 5) is 13.9. The zero-order valence-corrected chi connectivity index (χ0v) is 12.7. The lowest BCUT2D eigenvalue weighted by molar-refractivity contribution is -0.122. The van der Waals surface area contributed by atoms with Crippen LogP contribution in [-0.4, -0.2) is 23.2 Å². The second-order valence-corrected chi connectivity index (χ2v) is 6.87. The molecule has 2 rings (SSSR count). The Morgan fingerprint density at radius 3 is 2.89 bits per heavy atom. The molecule has 0 saturated heterocycles. The Hall–Kier alpha value is -1.07. The molecule has 0 spiro atoms. The van der Waals surface area contributed by atoms with E-state index in [-0.39, 0.29) is 17.2 Å². The second-order valence-electron chi connectivity index (χ2n) is 5.37. The third kappa shape index (κ3) is 3.09. The summed E-state index contributed by atoms with van der Waals surface area (Å²) in [7, 11) is 0. The van der Waals surface area contributed by atoms with Crippen molar-refractivity contribution in [3.05, 3.63) is 29.8 Å². The molecular weight excluding hydrogens is 276 g/mol. The molecule has 3 N–H and O–H groups in total. The zero-order valence-electron chi connectivity index (χ0n) is 11.1. The van der Waals surface area contributed by atoms with Crippen LogP contribution >= 0.6 is 24.0 Å². The number of thiocarbonyl (C=S) groups is 1. The Bertz CT molecular complexity index is 514. The summed E-state index contributed by atoms with van der Waals surface area (Å²) in [5, 5.41) is 2.97. The molecule has 0 saturated carbocycles. The second kappa shape index (κ2) is 5.51. The van der Waals surface area contributed by atoms with Gasteiger partial charge in [-0.25, -0.2) is 0 Å². The van der Waals surface area contributed by atoms with E-state index in [9.17, 15) is 4.79 Å². The molecule has 102 valence electrons. The maximum Gasteiger partial charge on any atom is 0.228 e. The smallest absolute Gasteiger partial charge is 0.228 e. The molecule has 0 aromatic heterocycles. The number of nitrogens with two attached hydrogens (primary N) is 1. The van der Waals surface area contributed by atoms with E-state index in [4.69, 9.17) is 18.0 Å². The van der Waals surface area contributed by atoms with Crippen molar-refractivity contribution in [3.63, 3.8) is 0 Å². The maximum atomic E-state index is 12.3. The molecule has 0 fully saturated rings. The fraction of sp³-hybridized carbons (Fsp3) is 0.429. The average Bonchev–Trinajstić information content (AvgIpc) is 2.79. The average molecular weight is 294 g/mol. The van der Waals surface area contributed by atoms with E-state index in [0.717, 1.165) is 11.3 Å². The highest BCUT2D eigenvalue weighted by molar-refractivity contribution is 7.99. The highest BCUT2D eigenvalue weighted by atomic mass is 32.2. The van der Waals surface area contributed by atoms with E-state index >= 15 is 0 Å². The molecule has 1 unspecified atom stereocenters. The minimum Gasteiger partial charge on any atom is -0.393 e. The minimum absolute atomic E-state index is 0.0572. The summed E-state index contributed by atoms with van der Waals surface area (Å²) < 4.78 is 0. The van der Waals surface area contributed by atoms with Gasteiger partial charge in [-0.15, -0.1) is 11.8 Å². The third-order valence-electron chi connectivity index (χ3n) is 3.39. The number of thioether (sulfide) groups is 1. The summed E-state index contributed by atoms with van der Waals surface area (Å²) in [6, 6.07) is 8.07. The SMILES string of the molecule is CC(C)(CNC(=O)C1CSc2ccccc21)C(N)=S. The number of rotatable bonds is 4. The van der Waals surface area contributed by atoms with Crippen molar-refractivity contribution in [1.82, 2.24) is 5.32 Å². The molecule has 1 aliphatic rings.